The van der Waals surface area contributed by atoms with Crippen LogP contribution >= 0.6 is 11.6 Å². The Morgan fingerprint density at radius 2 is 1.83 bits per heavy atom. The normalized spacial score (nSPS) is 35.0. The van der Waals surface area contributed by atoms with Crippen molar-refractivity contribution in [1.82, 2.24) is 4.90 Å². The lowest BCUT2D eigenvalue weighted by atomic mass is 9.82. The monoisotopic (exact) mass is 334 g/mol. The van der Waals surface area contributed by atoms with Crippen molar-refractivity contribution in [3.05, 3.63) is 34.9 Å². The van der Waals surface area contributed by atoms with Crippen molar-refractivity contribution in [2.24, 2.45) is 17.0 Å². The SMILES string of the molecule is O/N=C1\[C@H]2CC[C@@H](C2)[C@@H]1N1CCC(O)(c2ccc(Cl)cc2)CC1. The Morgan fingerprint density at radius 1 is 1.13 bits per heavy atom. The van der Waals surface area contributed by atoms with E-state index >= 15 is 0 Å². The molecule has 2 saturated carbocycles. The van der Waals surface area contributed by atoms with Crippen molar-refractivity contribution in [3.8, 4) is 0 Å². The standard InChI is InChI=1S/C18H23ClN2O2/c19-15-5-3-14(4-6-15)18(22)7-9-21(10-8-18)17-13-2-1-12(11-13)16(17)20-23/h3-6,12-13,17,22-23H,1-2,7-11H2/b20-16+/t12-,13-,17-/m0/s1. The molecular formula is C18H23ClN2O2. The van der Waals surface area contributed by atoms with Gasteiger partial charge in [-0.25, -0.2) is 0 Å². The fraction of sp³-hybridized carbons (Fsp3) is 0.611. The molecule has 23 heavy (non-hydrogen) atoms. The Hall–Kier alpha value is -1.10. The van der Waals surface area contributed by atoms with E-state index in [9.17, 15) is 10.3 Å². The molecule has 124 valence electrons. The maximum atomic E-state index is 11.0. The van der Waals surface area contributed by atoms with Gasteiger partial charge in [0.1, 0.15) is 0 Å². The molecule has 1 saturated heterocycles. The molecule has 1 aliphatic heterocycles. The Morgan fingerprint density at radius 3 is 2.48 bits per heavy atom. The molecule has 1 aromatic rings. The summed E-state index contributed by atoms with van der Waals surface area (Å²) in [6.07, 6.45) is 5.00. The highest BCUT2D eigenvalue weighted by Gasteiger charge is 2.49. The second kappa shape index (κ2) is 5.76. The minimum atomic E-state index is -0.769. The summed E-state index contributed by atoms with van der Waals surface area (Å²) in [6, 6.07) is 7.82. The number of hydrogen-bond donors (Lipinski definition) is 2. The molecule has 3 fully saturated rings. The molecule has 0 amide bonds. The number of likely N-dealkylation sites (tertiary alicyclic amines) is 1. The van der Waals surface area contributed by atoms with Gasteiger partial charge >= 0.3 is 0 Å². The molecule has 3 aliphatic rings. The first-order valence-corrected chi connectivity index (χ1v) is 8.93. The van der Waals surface area contributed by atoms with Gasteiger partial charge in [-0.1, -0.05) is 28.9 Å². The number of rotatable bonds is 2. The fourth-order valence-electron chi connectivity index (χ4n) is 4.90. The molecule has 3 atom stereocenters. The topological polar surface area (TPSA) is 56.1 Å². The first kappa shape index (κ1) is 15.4. The van der Waals surface area contributed by atoms with Gasteiger partial charge in [-0.15, -0.1) is 0 Å². The predicted molar refractivity (Wildman–Crippen MR) is 90.0 cm³/mol. The third-order valence-corrected chi connectivity index (χ3v) is 6.41. The molecule has 2 N–H and O–H groups in total. The van der Waals surface area contributed by atoms with Gasteiger partial charge in [-0.3, -0.25) is 4.90 Å². The van der Waals surface area contributed by atoms with Crippen molar-refractivity contribution in [3.63, 3.8) is 0 Å². The molecule has 1 aromatic carbocycles. The lowest BCUT2D eigenvalue weighted by Gasteiger charge is -2.43. The number of halogens is 1. The first-order valence-electron chi connectivity index (χ1n) is 8.55. The summed E-state index contributed by atoms with van der Waals surface area (Å²) >= 11 is 5.95. The zero-order valence-corrected chi connectivity index (χ0v) is 13.9. The third-order valence-electron chi connectivity index (χ3n) is 6.16. The second-order valence-electron chi connectivity index (χ2n) is 7.31. The van der Waals surface area contributed by atoms with Gasteiger partial charge in [-0.2, -0.15) is 0 Å². The van der Waals surface area contributed by atoms with E-state index in [-0.39, 0.29) is 6.04 Å². The Bertz CT molecular complexity index is 608. The zero-order chi connectivity index (χ0) is 16.0. The maximum absolute atomic E-state index is 11.0. The van der Waals surface area contributed by atoms with Crippen LogP contribution in [0.4, 0.5) is 0 Å². The molecule has 2 aliphatic carbocycles. The maximum Gasteiger partial charge on any atom is 0.0920 e. The minimum absolute atomic E-state index is 0.286. The zero-order valence-electron chi connectivity index (χ0n) is 13.2. The molecule has 5 heteroatoms. The van der Waals surface area contributed by atoms with Crippen LogP contribution in [0.15, 0.2) is 29.4 Å². The van der Waals surface area contributed by atoms with Crippen LogP contribution in [0.3, 0.4) is 0 Å². The summed E-state index contributed by atoms with van der Waals surface area (Å²) in [4.78, 5) is 2.42. The van der Waals surface area contributed by atoms with Crippen LogP contribution in [0.1, 0.15) is 37.7 Å². The van der Waals surface area contributed by atoms with E-state index in [1.54, 1.807) is 0 Å². The average Bonchev–Trinajstić information content (AvgIpc) is 3.17. The van der Waals surface area contributed by atoms with Crippen molar-refractivity contribution < 1.29 is 10.3 Å². The van der Waals surface area contributed by atoms with Gasteiger partial charge in [0.25, 0.3) is 0 Å². The van der Waals surface area contributed by atoms with Crippen molar-refractivity contribution in [2.75, 3.05) is 13.1 Å². The van der Waals surface area contributed by atoms with Crippen molar-refractivity contribution in [1.29, 1.82) is 0 Å². The number of fused-ring (bicyclic) bond motifs is 2. The van der Waals surface area contributed by atoms with Gasteiger partial charge in [0.2, 0.25) is 0 Å². The first-order chi connectivity index (χ1) is 11.1. The van der Waals surface area contributed by atoms with Crippen LogP contribution in [0.5, 0.6) is 0 Å². The summed E-state index contributed by atoms with van der Waals surface area (Å²) in [6.45, 7) is 1.68. The minimum Gasteiger partial charge on any atom is -0.411 e. The summed E-state index contributed by atoms with van der Waals surface area (Å²) in [5.41, 5.74) is 1.17. The molecular weight excluding hydrogens is 312 g/mol. The Balaban J connectivity index is 1.48. The quantitative estimate of drug-likeness (QED) is 0.645. The molecule has 0 unspecified atom stereocenters. The van der Waals surface area contributed by atoms with Crippen molar-refractivity contribution in [2.45, 2.75) is 43.7 Å². The van der Waals surface area contributed by atoms with E-state index in [1.165, 1.54) is 19.3 Å². The van der Waals surface area contributed by atoms with Crippen LogP contribution in [0, 0.1) is 11.8 Å². The van der Waals surface area contributed by atoms with E-state index < -0.39 is 5.60 Å². The van der Waals surface area contributed by atoms with E-state index in [0.29, 0.717) is 29.7 Å². The lowest BCUT2D eigenvalue weighted by Crippen LogP contribution is -2.51. The highest BCUT2D eigenvalue weighted by atomic mass is 35.5. The number of benzene rings is 1. The van der Waals surface area contributed by atoms with Crippen LogP contribution in [0.25, 0.3) is 0 Å². The van der Waals surface area contributed by atoms with Gasteiger partial charge in [-0.05, 0) is 55.7 Å². The second-order valence-corrected chi connectivity index (χ2v) is 7.75. The van der Waals surface area contributed by atoms with E-state index in [0.717, 1.165) is 24.4 Å². The van der Waals surface area contributed by atoms with E-state index in [1.807, 2.05) is 24.3 Å². The van der Waals surface area contributed by atoms with Gasteiger partial charge in [0.15, 0.2) is 0 Å². The molecule has 0 radical (unpaired) electrons. The number of hydrogen-bond acceptors (Lipinski definition) is 4. The van der Waals surface area contributed by atoms with Gasteiger partial charge in [0, 0.05) is 24.0 Å². The Labute approximate surface area is 141 Å². The molecule has 4 nitrogen and oxygen atoms in total. The van der Waals surface area contributed by atoms with Gasteiger partial charge < -0.3 is 10.3 Å². The molecule has 4 rings (SSSR count). The number of nitrogens with zero attached hydrogens (tertiary/aromatic N) is 2. The van der Waals surface area contributed by atoms with Crippen LogP contribution in [-0.4, -0.2) is 40.1 Å². The van der Waals surface area contributed by atoms with E-state index in [4.69, 9.17) is 11.6 Å². The highest BCUT2D eigenvalue weighted by molar-refractivity contribution is 6.30. The van der Waals surface area contributed by atoms with Gasteiger partial charge in [0.05, 0.1) is 17.4 Å². The number of oxime groups is 1. The largest absolute Gasteiger partial charge is 0.411 e. The van der Waals surface area contributed by atoms with E-state index in [2.05, 4.69) is 10.1 Å². The predicted octanol–water partition coefficient (Wildman–Crippen LogP) is 3.25. The van der Waals surface area contributed by atoms with Crippen LogP contribution in [-0.2, 0) is 5.60 Å². The molecule has 0 aromatic heterocycles. The smallest absolute Gasteiger partial charge is 0.0920 e. The average molecular weight is 335 g/mol. The summed E-state index contributed by atoms with van der Waals surface area (Å²) < 4.78 is 0. The molecule has 1 heterocycles. The van der Waals surface area contributed by atoms with Crippen molar-refractivity contribution >= 4 is 17.3 Å². The Kier molecular flexibility index (Phi) is 3.87. The highest BCUT2D eigenvalue weighted by Crippen LogP contribution is 2.46. The summed E-state index contributed by atoms with van der Waals surface area (Å²) in [5, 5.41) is 24.7. The molecule has 0 spiro atoms. The third kappa shape index (κ3) is 2.57. The summed E-state index contributed by atoms with van der Waals surface area (Å²) in [5.74, 6) is 1.11. The number of aliphatic hydroxyl groups is 1. The molecule has 2 bridgehead atoms. The number of piperidine rings is 1. The summed E-state index contributed by atoms with van der Waals surface area (Å²) in [7, 11) is 0. The fourth-order valence-corrected chi connectivity index (χ4v) is 5.03. The lowest BCUT2D eigenvalue weighted by molar-refractivity contribution is -0.0338. The van der Waals surface area contributed by atoms with Crippen LogP contribution in [0.2, 0.25) is 5.02 Å². The van der Waals surface area contributed by atoms with Crippen LogP contribution < -0.4 is 0 Å².